The van der Waals surface area contributed by atoms with Crippen LogP contribution in [0, 0.1) is 0 Å². The van der Waals surface area contributed by atoms with Crippen LogP contribution in [-0.4, -0.2) is 57.0 Å². The molecule has 2 aliphatic rings. The summed E-state index contributed by atoms with van der Waals surface area (Å²) >= 11 is 1.85. The lowest BCUT2D eigenvalue weighted by molar-refractivity contribution is 0.0758. The van der Waals surface area contributed by atoms with E-state index in [0.717, 1.165) is 31.4 Å². The van der Waals surface area contributed by atoms with Gasteiger partial charge in [-0.1, -0.05) is 25.7 Å². The number of ether oxygens (including phenoxy) is 1. The molecule has 1 aliphatic heterocycles. The van der Waals surface area contributed by atoms with Crippen molar-refractivity contribution in [1.29, 1.82) is 0 Å². The molecule has 1 aromatic rings. The van der Waals surface area contributed by atoms with Crippen molar-refractivity contribution in [2.45, 2.75) is 61.5 Å². The number of nitrogens with one attached hydrogen (secondary N) is 1. The first kappa shape index (κ1) is 22.4. The van der Waals surface area contributed by atoms with Gasteiger partial charge in [0, 0.05) is 30.6 Å². The number of likely N-dealkylation sites (tertiary alicyclic amines) is 1. The molecule has 1 aliphatic carbocycles. The van der Waals surface area contributed by atoms with Crippen molar-refractivity contribution in [3.63, 3.8) is 0 Å². The second-order valence-corrected chi connectivity index (χ2v) is 10.9. The smallest absolute Gasteiger partial charge is 0.257 e. The van der Waals surface area contributed by atoms with Crippen molar-refractivity contribution < 1.29 is 17.9 Å². The second kappa shape index (κ2) is 10.7. The van der Waals surface area contributed by atoms with Crippen molar-refractivity contribution in [3.8, 4) is 5.75 Å². The fraction of sp³-hybridized carbons (Fsp3) is 0.667. The number of nitrogens with zero attached hydrogens (tertiary/aromatic N) is 1. The zero-order valence-electron chi connectivity index (χ0n) is 17.2. The SMILES string of the molecule is COc1ccc(S(=O)(=O)NCCSC2CCCC2)cc1C(=O)N1CCCCCC1. The third-order valence-corrected chi connectivity index (χ3v) is 8.50. The predicted molar refractivity (Wildman–Crippen MR) is 117 cm³/mol. The molecule has 0 spiro atoms. The van der Waals surface area contributed by atoms with E-state index >= 15 is 0 Å². The van der Waals surface area contributed by atoms with Gasteiger partial charge in [-0.2, -0.15) is 11.8 Å². The molecule has 162 valence electrons. The number of sulfonamides is 1. The van der Waals surface area contributed by atoms with E-state index in [1.807, 2.05) is 16.7 Å². The Kier molecular flexibility index (Phi) is 8.26. The van der Waals surface area contributed by atoms with Gasteiger partial charge in [-0.25, -0.2) is 13.1 Å². The molecule has 0 radical (unpaired) electrons. The molecule has 1 amide bonds. The number of carbonyl (C=O) groups is 1. The van der Waals surface area contributed by atoms with Crippen LogP contribution in [-0.2, 0) is 10.0 Å². The molecule has 3 rings (SSSR count). The lowest BCUT2D eigenvalue weighted by atomic mass is 10.1. The Hall–Kier alpha value is -1.25. The van der Waals surface area contributed by atoms with Crippen LogP contribution in [0.25, 0.3) is 0 Å². The van der Waals surface area contributed by atoms with Crippen LogP contribution in [0.3, 0.4) is 0 Å². The molecule has 1 saturated carbocycles. The molecule has 0 bridgehead atoms. The summed E-state index contributed by atoms with van der Waals surface area (Å²) in [7, 11) is -2.16. The number of thioether (sulfide) groups is 1. The Morgan fingerprint density at radius 2 is 1.83 bits per heavy atom. The summed E-state index contributed by atoms with van der Waals surface area (Å²) in [6.07, 6.45) is 9.23. The summed E-state index contributed by atoms with van der Waals surface area (Å²) in [6, 6.07) is 4.54. The van der Waals surface area contributed by atoms with Gasteiger partial charge in [0.05, 0.1) is 17.6 Å². The van der Waals surface area contributed by atoms with Crippen molar-refractivity contribution in [2.24, 2.45) is 0 Å². The topological polar surface area (TPSA) is 75.7 Å². The molecule has 1 heterocycles. The maximum absolute atomic E-state index is 13.0. The summed E-state index contributed by atoms with van der Waals surface area (Å²) in [6.45, 7) is 1.80. The Labute approximate surface area is 178 Å². The van der Waals surface area contributed by atoms with E-state index in [1.54, 1.807) is 6.07 Å². The van der Waals surface area contributed by atoms with Crippen molar-refractivity contribution in [1.82, 2.24) is 9.62 Å². The van der Waals surface area contributed by atoms with E-state index in [-0.39, 0.29) is 10.8 Å². The fourth-order valence-electron chi connectivity index (χ4n) is 4.01. The lowest BCUT2D eigenvalue weighted by Crippen LogP contribution is -2.32. The minimum absolute atomic E-state index is 0.113. The van der Waals surface area contributed by atoms with E-state index in [9.17, 15) is 13.2 Å². The molecule has 6 nitrogen and oxygen atoms in total. The Morgan fingerprint density at radius 3 is 2.48 bits per heavy atom. The first-order chi connectivity index (χ1) is 14.0. The van der Waals surface area contributed by atoms with Gasteiger partial charge in [-0.3, -0.25) is 4.79 Å². The number of methoxy groups -OCH3 is 1. The molecule has 1 aromatic carbocycles. The number of rotatable bonds is 8. The predicted octanol–water partition coefficient (Wildman–Crippen LogP) is 3.67. The zero-order valence-corrected chi connectivity index (χ0v) is 18.8. The summed E-state index contributed by atoms with van der Waals surface area (Å²) in [5, 5.41) is 0.665. The molecule has 8 heteroatoms. The highest BCUT2D eigenvalue weighted by molar-refractivity contribution is 8.00. The van der Waals surface area contributed by atoms with Crippen LogP contribution in [0.15, 0.2) is 23.1 Å². The zero-order chi connectivity index (χ0) is 20.7. The molecule has 0 unspecified atom stereocenters. The Balaban J connectivity index is 1.68. The molecule has 1 saturated heterocycles. The highest BCUT2D eigenvalue weighted by atomic mass is 32.2. The monoisotopic (exact) mass is 440 g/mol. The van der Waals surface area contributed by atoms with Gasteiger partial charge in [0.2, 0.25) is 10.0 Å². The summed E-state index contributed by atoms with van der Waals surface area (Å²) in [5.41, 5.74) is 0.317. The van der Waals surface area contributed by atoms with E-state index in [2.05, 4.69) is 4.72 Å². The van der Waals surface area contributed by atoms with Crippen LogP contribution >= 0.6 is 11.8 Å². The largest absolute Gasteiger partial charge is 0.496 e. The first-order valence-corrected chi connectivity index (χ1v) is 13.1. The minimum Gasteiger partial charge on any atom is -0.496 e. The molecule has 0 atom stereocenters. The van der Waals surface area contributed by atoms with Crippen molar-refractivity contribution in [2.75, 3.05) is 32.5 Å². The lowest BCUT2D eigenvalue weighted by Gasteiger charge is -2.22. The number of hydrogen-bond donors (Lipinski definition) is 1. The van der Waals surface area contributed by atoms with E-state index in [0.29, 0.717) is 36.2 Å². The van der Waals surface area contributed by atoms with Gasteiger partial charge < -0.3 is 9.64 Å². The quantitative estimate of drug-likeness (QED) is 0.624. The molecular formula is C21H32N2O4S2. The van der Waals surface area contributed by atoms with Crippen molar-refractivity contribution in [3.05, 3.63) is 23.8 Å². The first-order valence-electron chi connectivity index (χ1n) is 10.6. The summed E-state index contributed by atoms with van der Waals surface area (Å²) < 4.78 is 33.5. The third-order valence-electron chi connectivity index (χ3n) is 5.65. The van der Waals surface area contributed by atoms with Crippen molar-refractivity contribution >= 4 is 27.7 Å². The molecule has 0 aromatic heterocycles. The number of amides is 1. The maximum atomic E-state index is 13.0. The van der Waals surface area contributed by atoms with Gasteiger partial charge in [-0.05, 0) is 43.9 Å². The van der Waals surface area contributed by atoms with E-state index in [4.69, 9.17) is 4.74 Å². The van der Waals surface area contributed by atoms with Gasteiger partial charge in [-0.15, -0.1) is 0 Å². The third kappa shape index (κ3) is 6.12. The summed E-state index contributed by atoms with van der Waals surface area (Å²) in [4.78, 5) is 15.0. The van der Waals surface area contributed by atoms with E-state index < -0.39 is 10.0 Å². The maximum Gasteiger partial charge on any atom is 0.257 e. The molecule has 2 fully saturated rings. The molecular weight excluding hydrogens is 408 g/mol. The van der Waals surface area contributed by atoms with Gasteiger partial charge in [0.1, 0.15) is 5.75 Å². The number of benzene rings is 1. The van der Waals surface area contributed by atoms with Crippen LogP contribution in [0.2, 0.25) is 0 Å². The van der Waals surface area contributed by atoms with Crippen LogP contribution < -0.4 is 9.46 Å². The Morgan fingerprint density at radius 1 is 1.14 bits per heavy atom. The molecule has 1 N–H and O–H groups in total. The number of hydrogen-bond acceptors (Lipinski definition) is 5. The van der Waals surface area contributed by atoms with Gasteiger partial charge in [0.25, 0.3) is 5.91 Å². The minimum atomic E-state index is -3.66. The highest BCUT2D eigenvalue weighted by Crippen LogP contribution is 2.29. The Bertz CT molecular complexity index is 784. The normalized spacial score (nSPS) is 18.6. The van der Waals surface area contributed by atoms with Crippen LogP contribution in [0.1, 0.15) is 61.7 Å². The number of carbonyl (C=O) groups excluding carboxylic acids is 1. The van der Waals surface area contributed by atoms with Gasteiger partial charge in [0.15, 0.2) is 0 Å². The summed E-state index contributed by atoms with van der Waals surface area (Å²) in [5.74, 6) is 1.02. The van der Waals surface area contributed by atoms with E-state index in [1.165, 1.54) is 44.9 Å². The van der Waals surface area contributed by atoms with Crippen LogP contribution in [0.4, 0.5) is 0 Å². The molecule has 29 heavy (non-hydrogen) atoms. The highest BCUT2D eigenvalue weighted by Gasteiger charge is 2.24. The average Bonchev–Trinajstić information content (AvgIpc) is 3.10. The van der Waals surface area contributed by atoms with Crippen LogP contribution in [0.5, 0.6) is 5.75 Å². The van der Waals surface area contributed by atoms with Gasteiger partial charge >= 0.3 is 0 Å². The average molecular weight is 441 g/mol. The standard InChI is InChI=1S/C21H32N2O4S2/c1-27-20-11-10-18(16-19(20)21(24)23-13-6-2-3-7-14-23)29(25,26)22-12-15-28-17-8-4-5-9-17/h10-11,16-17,22H,2-9,12-15H2,1H3. The fourth-order valence-corrected chi connectivity index (χ4v) is 6.41. The second-order valence-electron chi connectivity index (χ2n) is 7.74.